The quantitative estimate of drug-likeness (QED) is 0.627. The first kappa shape index (κ1) is 20.8. The van der Waals surface area contributed by atoms with Crippen LogP contribution in [0.4, 0.5) is 5.69 Å². The predicted molar refractivity (Wildman–Crippen MR) is 112 cm³/mol. The molecule has 2 heterocycles. The van der Waals surface area contributed by atoms with Crippen LogP contribution in [-0.4, -0.2) is 42.4 Å². The van der Waals surface area contributed by atoms with E-state index >= 15 is 0 Å². The molecule has 0 bridgehead atoms. The van der Waals surface area contributed by atoms with Crippen LogP contribution in [0.5, 0.6) is 11.5 Å². The molecule has 3 aromatic rings. The van der Waals surface area contributed by atoms with Gasteiger partial charge >= 0.3 is 0 Å². The van der Waals surface area contributed by atoms with Gasteiger partial charge in [0.05, 0.1) is 17.0 Å². The number of hydrogen-bond donors (Lipinski definition) is 1. The molecular formula is C21H20N4O5S. The van der Waals surface area contributed by atoms with Gasteiger partial charge in [-0.1, -0.05) is 17.7 Å². The number of aromatic nitrogens is 2. The molecule has 0 spiro atoms. The number of benzene rings is 2. The maximum absolute atomic E-state index is 12.7. The molecule has 2 aromatic carbocycles. The molecule has 31 heavy (non-hydrogen) atoms. The minimum Gasteiger partial charge on any atom is -0.454 e. The van der Waals surface area contributed by atoms with E-state index in [1.165, 1.54) is 23.7 Å². The minimum atomic E-state index is -3.67. The molecule has 0 unspecified atom stereocenters. The van der Waals surface area contributed by atoms with Gasteiger partial charge in [-0.05, 0) is 31.2 Å². The van der Waals surface area contributed by atoms with Crippen molar-refractivity contribution in [3.8, 4) is 11.5 Å². The molecule has 4 rings (SSSR count). The van der Waals surface area contributed by atoms with E-state index in [4.69, 9.17) is 9.47 Å². The van der Waals surface area contributed by atoms with Crippen LogP contribution in [-0.2, 0) is 16.6 Å². The number of carbonyl (C=O) groups is 1. The molecule has 160 valence electrons. The number of anilines is 1. The van der Waals surface area contributed by atoms with Crippen LogP contribution in [0.15, 0.2) is 59.8 Å². The fraction of sp³-hybridized carbons (Fsp3) is 0.190. The maximum Gasteiger partial charge on any atom is 0.258 e. The molecule has 0 saturated heterocycles. The number of aryl methyl sites for hydroxylation is 1. The molecule has 1 N–H and O–H groups in total. The number of nitrogens with one attached hydrogen (secondary N) is 1. The Morgan fingerprint density at radius 1 is 1.06 bits per heavy atom. The third-order valence-corrected chi connectivity index (χ3v) is 6.51. The lowest BCUT2D eigenvalue weighted by Crippen LogP contribution is -2.27. The lowest BCUT2D eigenvalue weighted by atomic mass is 10.2. The number of fused-ring (bicyclic) bond motifs is 1. The van der Waals surface area contributed by atoms with Crippen molar-refractivity contribution in [3.05, 3.63) is 71.8 Å². The average molecular weight is 440 g/mol. The molecule has 0 atom stereocenters. The van der Waals surface area contributed by atoms with Crippen LogP contribution >= 0.6 is 0 Å². The Balaban J connectivity index is 1.41. The zero-order chi connectivity index (χ0) is 22.0. The summed E-state index contributed by atoms with van der Waals surface area (Å²) in [5, 5.41) is 2.74. The van der Waals surface area contributed by atoms with Crippen molar-refractivity contribution in [3.63, 3.8) is 0 Å². The number of sulfonamides is 1. The van der Waals surface area contributed by atoms with Crippen LogP contribution in [0.1, 0.15) is 21.7 Å². The molecule has 10 heteroatoms. The van der Waals surface area contributed by atoms with Crippen molar-refractivity contribution in [2.45, 2.75) is 18.4 Å². The third-order valence-electron chi connectivity index (χ3n) is 4.69. The molecule has 1 aliphatic heterocycles. The first-order chi connectivity index (χ1) is 14.8. The van der Waals surface area contributed by atoms with Crippen molar-refractivity contribution >= 4 is 21.6 Å². The number of ether oxygens (including phenoxy) is 2. The van der Waals surface area contributed by atoms with Gasteiger partial charge in [0.25, 0.3) is 5.91 Å². The zero-order valence-corrected chi connectivity index (χ0v) is 17.7. The van der Waals surface area contributed by atoms with Gasteiger partial charge in [0.15, 0.2) is 11.5 Å². The normalized spacial score (nSPS) is 12.7. The summed E-state index contributed by atoms with van der Waals surface area (Å²) < 4.78 is 37.1. The second-order valence-corrected chi connectivity index (χ2v) is 9.03. The summed E-state index contributed by atoms with van der Waals surface area (Å²) >= 11 is 0. The van der Waals surface area contributed by atoms with Gasteiger partial charge in [-0.25, -0.2) is 18.4 Å². The van der Waals surface area contributed by atoms with E-state index in [2.05, 4.69) is 15.3 Å². The van der Waals surface area contributed by atoms with E-state index < -0.39 is 15.9 Å². The van der Waals surface area contributed by atoms with Gasteiger partial charge in [0.1, 0.15) is 5.82 Å². The van der Waals surface area contributed by atoms with Gasteiger partial charge in [-0.2, -0.15) is 4.31 Å². The molecule has 0 aliphatic carbocycles. The van der Waals surface area contributed by atoms with E-state index in [0.717, 1.165) is 5.56 Å². The summed E-state index contributed by atoms with van der Waals surface area (Å²) in [6, 6.07) is 11.7. The summed E-state index contributed by atoms with van der Waals surface area (Å²) in [4.78, 5) is 20.9. The van der Waals surface area contributed by atoms with Crippen molar-refractivity contribution in [2.24, 2.45) is 0 Å². The van der Waals surface area contributed by atoms with Crippen LogP contribution < -0.4 is 14.8 Å². The van der Waals surface area contributed by atoms with Crippen molar-refractivity contribution in [1.29, 1.82) is 0 Å². The average Bonchev–Trinajstić information content (AvgIpc) is 3.22. The Labute approximate surface area is 179 Å². The topological polar surface area (TPSA) is 111 Å². The number of nitrogens with zero attached hydrogens (tertiary/aromatic N) is 3. The van der Waals surface area contributed by atoms with Crippen LogP contribution in [0.3, 0.4) is 0 Å². The second-order valence-electron chi connectivity index (χ2n) is 6.98. The van der Waals surface area contributed by atoms with Gasteiger partial charge in [-0.15, -0.1) is 0 Å². The Kier molecular flexibility index (Phi) is 5.57. The largest absolute Gasteiger partial charge is 0.454 e. The van der Waals surface area contributed by atoms with Gasteiger partial charge in [-0.3, -0.25) is 4.79 Å². The van der Waals surface area contributed by atoms with E-state index in [-0.39, 0.29) is 29.6 Å². The second kappa shape index (κ2) is 8.32. The van der Waals surface area contributed by atoms with Gasteiger partial charge in [0, 0.05) is 31.2 Å². The molecule has 1 aromatic heterocycles. The highest BCUT2D eigenvalue weighted by Crippen LogP contribution is 2.34. The molecule has 1 aliphatic rings. The molecule has 0 radical (unpaired) electrons. The highest BCUT2D eigenvalue weighted by Gasteiger charge is 2.22. The summed E-state index contributed by atoms with van der Waals surface area (Å²) in [6.45, 7) is 2.01. The standard InChI is InChI=1S/C21H20N4O5S/c1-14-3-6-17(7-4-14)31(27,28)25(2)12-20-22-10-15(11-23-20)21(26)24-16-5-8-18-19(9-16)30-13-29-18/h3-11H,12-13H2,1-2H3,(H,24,26). The highest BCUT2D eigenvalue weighted by molar-refractivity contribution is 7.89. The van der Waals surface area contributed by atoms with E-state index in [9.17, 15) is 13.2 Å². The third kappa shape index (κ3) is 4.49. The monoisotopic (exact) mass is 440 g/mol. The first-order valence-corrected chi connectivity index (χ1v) is 10.8. The van der Waals surface area contributed by atoms with Crippen LogP contribution in [0.25, 0.3) is 0 Å². The van der Waals surface area contributed by atoms with Crippen LogP contribution in [0, 0.1) is 6.92 Å². The summed E-state index contributed by atoms with van der Waals surface area (Å²) in [5.74, 6) is 1.06. The van der Waals surface area contributed by atoms with Gasteiger partial charge < -0.3 is 14.8 Å². The Morgan fingerprint density at radius 2 is 1.74 bits per heavy atom. The van der Waals surface area contributed by atoms with Crippen molar-refractivity contribution in [1.82, 2.24) is 14.3 Å². The smallest absolute Gasteiger partial charge is 0.258 e. The lowest BCUT2D eigenvalue weighted by molar-refractivity contribution is 0.102. The molecule has 0 saturated carbocycles. The SMILES string of the molecule is Cc1ccc(S(=O)(=O)N(C)Cc2ncc(C(=O)Nc3ccc4c(c3)OCO4)cn2)cc1. The minimum absolute atomic E-state index is 0.0275. The van der Waals surface area contributed by atoms with Crippen molar-refractivity contribution < 1.29 is 22.7 Å². The molecule has 1 amide bonds. The fourth-order valence-corrected chi connectivity index (χ4v) is 4.03. The summed E-state index contributed by atoms with van der Waals surface area (Å²) in [6.07, 6.45) is 2.72. The van der Waals surface area contributed by atoms with Crippen LogP contribution in [0.2, 0.25) is 0 Å². The van der Waals surface area contributed by atoms with Crippen molar-refractivity contribution in [2.75, 3.05) is 19.2 Å². The Bertz CT molecular complexity index is 1210. The zero-order valence-electron chi connectivity index (χ0n) is 16.9. The molecule has 9 nitrogen and oxygen atoms in total. The lowest BCUT2D eigenvalue weighted by Gasteiger charge is -2.16. The maximum atomic E-state index is 12.7. The first-order valence-electron chi connectivity index (χ1n) is 9.38. The summed E-state index contributed by atoms with van der Waals surface area (Å²) in [5.41, 5.74) is 1.76. The fourth-order valence-electron chi connectivity index (χ4n) is 2.91. The van der Waals surface area contributed by atoms with E-state index in [0.29, 0.717) is 17.2 Å². The predicted octanol–water partition coefficient (Wildman–Crippen LogP) is 2.59. The summed E-state index contributed by atoms with van der Waals surface area (Å²) in [7, 11) is -2.22. The number of rotatable bonds is 6. The Hall–Kier alpha value is -3.50. The number of hydrogen-bond acceptors (Lipinski definition) is 7. The number of amides is 1. The molecule has 0 fully saturated rings. The highest BCUT2D eigenvalue weighted by atomic mass is 32.2. The number of carbonyl (C=O) groups excluding carboxylic acids is 1. The van der Waals surface area contributed by atoms with E-state index in [1.807, 2.05) is 6.92 Å². The Morgan fingerprint density at radius 3 is 2.45 bits per heavy atom. The van der Waals surface area contributed by atoms with E-state index in [1.54, 1.807) is 42.5 Å². The molecular weight excluding hydrogens is 420 g/mol. The van der Waals surface area contributed by atoms with Gasteiger partial charge in [0.2, 0.25) is 16.8 Å².